The van der Waals surface area contributed by atoms with Crippen LogP contribution in [0.25, 0.3) is 66.1 Å². The Morgan fingerprint density at radius 3 is 1.98 bits per heavy atom. The Morgan fingerprint density at radius 1 is 0.771 bits per heavy atom. The molecule has 4 aromatic heterocycles. The first-order valence-electron chi connectivity index (χ1n) is 15.2. The number of hydrogen-bond acceptors (Lipinski definition) is 11. The van der Waals surface area contributed by atoms with Gasteiger partial charge in [-0.05, 0) is 24.6 Å². The lowest BCUT2D eigenvalue weighted by molar-refractivity contribution is -0.682. The Morgan fingerprint density at radius 2 is 1.40 bits per heavy atom. The van der Waals surface area contributed by atoms with Gasteiger partial charge in [-0.3, -0.25) is 4.18 Å². The van der Waals surface area contributed by atoms with E-state index < -0.39 is 20.2 Å². The molecule has 48 heavy (non-hydrogen) atoms. The maximum atomic E-state index is 10.8. The van der Waals surface area contributed by atoms with E-state index in [1.807, 2.05) is 85.1 Å². The number of aryl methyl sites for hydroxylation is 3. The molecule has 14 heteroatoms. The molecule has 0 aliphatic carbocycles. The van der Waals surface area contributed by atoms with E-state index in [1.54, 1.807) is 0 Å². The number of benzene rings is 4. The van der Waals surface area contributed by atoms with Crippen LogP contribution in [0.15, 0.2) is 90.5 Å². The third-order valence-corrected chi connectivity index (χ3v) is 10.1. The van der Waals surface area contributed by atoms with Crippen LogP contribution >= 0.6 is 0 Å². The Bertz CT molecular complexity index is 2670. The summed E-state index contributed by atoms with van der Waals surface area (Å²) in [6.45, 7) is 4.44. The quantitative estimate of drug-likeness (QED) is 0.110. The largest absolute Gasteiger partial charge is 0.748 e. The Labute approximate surface area is 274 Å². The molecule has 0 N–H and O–H groups in total. The number of nitrogens with zero attached hydrogens (tertiary/aromatic N) is 2. The topological polar surface area (TPSA) is 170 Å². The summed E-state index contributed by atoms with van der Waals surface area (Å²) in [7, 11) is -7.25. The maximum absolute atomic E-state index is 10.8. The molecule has 248 valence electrons. The first-order valence-corrected chi connectivity index (χ1v) is 18.3. The average Bonchev–Trinajstić information content (AvgIpc) is 3.84. The van der Waals surface area contributed by atoms with Gasteiger partial charge in [0.05, 0.1) is 29.4 Å². The van der Waals surface area contributed by atoms with Crippen molar-refractivity contribution in [1.82, 2.24) is 4.98 Å². The first-order chi connectivity index (χ1) is 22.9. The molecule has 1 saturated heterocycles. The highest BCUT2D eigenvalue weighted by Gasteiger charge is 2.22. The number of para-hydroxylation sites is 2. The predicted molar refractivity (Wildman–Crippen MR) is 178 cm³/mol. The van der Waals surface area contributed by atoms with Crippen molar-refractivity contribution in [2.75, 3.05) is 18.1 Å². The van der Waals surface area contributed by atoms with Gasteiger partial charge < -0.3 is 22.2 Å². The minimum Gasteiger partial charge on any atom is -0.748 e. The van der Waals surface area contributed by atoms with Crippen LogP contribution in [0, 0.1) is 13.8 Å². The highest BCUT2D eigenvalue weighted by Crippen LogP contribution is 2.33. The third-order valence-electron chi connectivity index (χ3n) is 7.96. The van der Waals surface area contributed by atoms with Crippen molar-refractivity contribution in [3.05, 3.63) is 84.6 Å². The zero-order valence-electron chi connectivity index (χ0n) is 26.0. The molecule has 1 aliphatic rings. The number of oxazole rings is 2. The SMILES string of the molecule is Cc1nc2cc3c(cc2o1)oc1ccccc13.Cc1oc2cc3oc4ccccc4c3cc2[n+]1CCCS(=O)(=O)[O-].O=S1(=O)CCCO1. The van der Waals surface area contributed by atoms with Gasteiger partial charge in [-0.2, -0.15) is 13.0 Å². The molecule has 0 spiro atoms. The highest BCUT2D eigenvalue weighted by atomic mass is 32.2. The van der Waals surface area contributed by atoms with E-state index in [-0.39, 0.29) is 17.9 Å². The third kappa shape index (κ3) is 6.52. The Hall–Kier alpha value is -4.76. The van der Waals surface area contributed by atoms with E-state index in [2.05, 4.69) is 15.2 Å². The molecule has 8 aromatic rings. The van der Waals surface area contributed by atoms with Crippen LogP contribution in [-0.4, -0.2) is 44.5 Å². The van der Waals surface area contributed by atoms with E-state index in [1.165, 1.54) is 0 Å². The lowest BCUT2D eigenvalue weighted by Gasteiger charge is -2.03. The van der Waals surface area contributed by atoms with Crippen LogP contribution in [0.2, 0.25) is 0 Å². The molecule has 0 amide bonds. The summed E-state index contributed by atoms with van der Waals surface area (Å²) in [5.41, 5.74) is 6.46. The van der Waals surface area contributed by atoms with Crippen molar-refractivity contribution in [2.45, 2.75) is 33.2 Å². The molecule has 9 rings (SSSR count). The fourth-order valence-corrected chi connectivity index (χ4v) is 7.28. The van der Waals surface area contributed by atoms with Crippen molar-refractivity contribution in [3.8, 4) is 0 Å². The summed E-state index contributed by atoms with van der Waals surface area (Å²) in [6, 6.07) is 23.5. The van der Waals surface area contributed by atoms with Crippen LogP contribution in [0.5, 0.6) is 0 Å². The summed E-state index contributed by atoms with van der Waals surface area (Å²) in [4.78, 5) is 4.34. The minimum atomic E-state index is -4.21. The van der Waals surface area contributed by atoms with Crippen molar-refractivity contribution in [1.29, 1.82) is 0 Å². The van der Waals surface area contributed by atoms with Gasteiger partial charge in [-0.25, -0.2) is 13.4 Å². The van der Waals surface area contributed by atoms with E-state index in [0.29, 0.717) is 36.9 Å². The number of aromatic nitrogens is 2. The average molecular weight is 691 g/mol. The van der Waals surface area contributed by atoms with Crippen molar-refractivity contribution in [2.24, 2.45) is 0 Å². The van der Waals surface area contributed by atoms with Crippen LogP contribution in [0.1, 0.15) is 24.6 Å². The highest BCUT2D eigenvalue weighted by molar-refractivity contribution is 7.86. The monoisotopic (exact) mass is 690 g/mol. The zero-order valence-corrected chi connectivity index (χ0v) is 27.6. The second-order valence-corrected chi connectivity index (χ2v) is 14.7. The van der Waals surface area contributed by atoms with Crippen LogP contribution in [0.4, 0.5) is 0 Å². The van der Waals surface area contributed by atoms with Crippen LogP contribution < -0.4 is 4.57 Å². The molecule has 1 fully saturated rings. The molecule has 0 unspecified atom stereocenters. The van der Waals surface area contributed by atoms with Gasteiger partial charge in [0, 0.05) is 58.8 Å². The standard InChI is InChI=1S/C17H15NO5S.C14H9NO2.C3H6O3S/c1-11-18(7-4-8-24(19,20)21)14-9-13-12-5-2-3-6-15(12)23-16(13)10-17(14)22-11;1-8-15-11-6-10-9-4-2-3-5-12(9)17-13(10)7-14(11)16-8;4-7(5)3-1-2-6-7/h2-3,5-6,9-10H,4,7-8H2,1H3;2-7H,1H3;1-3H2. The summed E-state index contributed by atoms with van der Waals surface area (Å²) in [6.07, 6.45) is 0.901. The van der Waals surface area contributed by atoms with Gasteiger partial charge in [-0.1, -0.05) is 36.4 Å². The fourth-order valence-electron chi connectivity index (χ4n) is 5.84. The summed E-state index contributed by atoms with van der Waals surface area (Å²) < 4.78 is 81.9. The van der Waals surface area contributed by atoms with E-state index in [9.17, 15) is 21.4 Å². The molecular formula is C34H30N2O10S2. The van der Waals surface area contributed by atoms with E-state index in [0.717, 1.165) is 60.5 Å². The second kappa shape index (κ2) is 12.4. The molecule has 0 atom stereocenters. The maximum Gasteiger partial charge on any atom is 0.344 e. The second-order valence-electron chi connectivity index (χ2n) is 11.4. The van der Waals surface area contributed by atoms with Crippen LogP contribution in [-0.2, 0) is 31.0 Å². The summed E-state index contributed by atoms with van der Waals surface area (Å²) in [5, 5.41) is 4.19. The van der Waals surface area contributed by atoms with Gasteiger partial charge in [0.2, 0.25) is 5.58 Å². The molecule has 5 heterocycles. The number of fused-ring (bicyclic) bond motifs is 8. The van der Waals surface area contributed by atoms with Gasteiger partial charge in [0.25, 0.3) is 15.6 Å². The van der Waals surface area contributed by atoms with Gasteiger partial charge >= 0.3 is 5.89 Å². The Balaban J connectivity index is 0.000000131. The van der Waals surface area contributed by atoms with E-state index >= 15 is 0 Å². The molecular weight excluding hydrogens is 661 g/mol. The van der Waals surface area contributed by atoms with Crippen LogP contribution in [0.3, 0.4) is 0 Å². The lowest BCUT2D eigenvalue weighted by Crippen LogP contribution is -2.36. The van der Waals surface area contributed by atoms with Crippen molar-refractivity contribution >= 4 is 86.3 Å². The predicted octanol–water partition coefficient (Wildman–Crippen LogP) is 6.64. The fraction of sp³-hybridized carbons (Fsp3) is 0.235. The van der Waals surface area contributed by atoms with Crippen molar-refractivity contribution in [3.63, 3.8) is 0 Å². The first kappa shape index (κ1) is 31.8. The molecule has 1 aliphatic heterocycles. The van der Waals surface area contributed by atoms with E-state index in [4.69, 9.17) is 17.7 Å². The number of furan rings is 2. The summed E-state index contributed by atoms with van der Waals surface area (Å²) in [5.74, 6) is 1.15. The molecule has 12 nitrogen and oxygen atoms in total. The van der Waals surface area contributed by atoms with Gasteiger partial charge in [0.1, 0.15) is 27.8 Å². The number of rotatable bonds is 4. The normalized spacial score (nSPS) is 14.6. The molecule has 4 aromatic carbocycles. The Kier molecular flexibility index (Phi) is 8.19. The molecule has 0 bridgehead atoms. The molecule has 0 radical (unpaired) electrons. The number of hydrogen-bond donors (Lipinski definition) is 0. The zero-order chi connectivity index (χ0) is 33.6. The molecule has 0 saturated carbocycles. The smallest absolute Gasteiger partial charge is 0.344 e. The minimum absolute atomic E-state index is 0.201. The van der Waals surface area contributed by atoms with Gasteiger partial charge in [0.15, 0.2) is 18.0 Å². The van der Waals surface area contributed by atoms with Crippen molar-refractivity contribution < 1.29 is 47.8 Å². The van der Waals surface area contributed by atoms with Gasteiger partial charge in [-0.15, -0.1) is 0 Å². The lowest BCUT2D eigenvalue weighted by atomic mass is 10.1. The summed E-state index contributed by atoms with van der Waals surface area (Å²) >= 11 is 0.